The maximum absolute atomic E-state index is 12.9. The fraction of sp³-hybridized carbons (Fsp3) is 0.769. The zero-order chi connectivity index (χ0) is 25.1. The van der Waals surface area contributed by atoms with Crippen LogP contribution in [0.4, 0.5) is 4.39 Å². The summed E-state index contributed by atoms with van der Waals surface area (Å²) in [5, 5.41) is 21.0. The maximum Gasteiger partial charge on any atom is 0.123 e. The highest BCUT2D eigenvalue weighted by atomic mass is 19.1. The Hall–Kier alpha value is -1.37. The van der Waals surface area contributed by atoms with Crippen molar-refractivity contribution in [3.8, 4) is 5.75 Å². The highest BCUT2D eigenvalue weighted by Crippen LogP contribution is 2.20. The highest BCUT2D eigenvalue weighted by Gasteiger charge is 2.12. The summed E-state index contributed by atoms with van der Waals surface area (Å²) in [4.78, 5) is 4.98. The van der Waals surface area contributed by atoms with Crippen molar-refractivity contribution in [2.75, 3.05) is 118 Å². The van der Waals surface area contributed by atoms with Crippen LogP contribution in [0, 0.1) is 0 Å². The van der Waals surface area contributed by atoms with Crippen molar-refractivity contribution in [3.63, 3.8) is 0 Å². The van der Waals surface area contributed by atoms with Gasteiger partial charge in [0.1, 0.15) is 19.0 Å². The first-order chi connectivity index (χ1) is 17.8. The number of hydrogen-bond acceptors (Lipinski definition) is 9. The summed E-state index contributed by atoms with van der Waals surface area (Å²) < 4.78 is 18.6. The highest BCUT2D eigenvalue weighted by molar-refractivity contribution is 5.34. The van der Waals surface area contributed by atoms with Gasteiger partial charge in [-0.05, 0) is 23.3 Å². The zero-order valence-electron chi connectivity index (χ0n) is 22.1. The molecular formula is C26H49FN8O. The molecule has 0 unspecified atom stereocenters. The van der Waals surface area contributed by atoms with Gasteiger partial charge >= 0.3 is 0 Å². The normalized spacial score (nSPS) is 21.5. The summed E-state index contributed by atoms with van der Waals surface area (Å²) in [6, 6.07) is 6.49. The monoisotopic (exact) mass is 508 g/mol. The number of rotatable bonds is 7. The maximum atomic E-state index is 12.9. The molecule has 0 aromatic heterocycles. The van der Waals surface area contributed by atoms with Gasteiger partial charge in [-0.25, -0.2) is 4.39 Å². The van der Waals surface area contributed by atoms with Gasteiger partial charge in [-0.2, -0.15) is 0 Å². The minimum absolute atomic E-state index is 0.0973. The predicted molar refractivity (Wildman–Crippen MR) is 146 cm³/mol. The van der Waals surface area contributed by atoms with Gasteiger partial charge in [-0.3, -0.25) is 9.80 Å². The molecule has 2 aliphatic rings. The third kappa shape index (κ3) is 12.7. The summed E-state index contributed by atoms with van der Waals surface area (Å²) in [6.07, 6.45) is 0. The number of nitrogens with one attached hydrogen (secondary N) is 6. The first kappa shape index (κ1) is 29.2. The molecule has 36 heavy (non-hydrogen) atoms. The van der Waals surface area contributed by atoms with Gasteiger partial charge < -0.3 is 36.6 Å². The second-order valence-electron chi connectivity index (χ2n) is 9.57. The van der Waals surface area contributed by atoms with Crippen molar-refractivity contribution < 1.29 is 9.13 Å². The lowest BCUT2D eigenvalue weighted by molar-refractivity contribution is 0.254. The molecule has 3 rings (SSSR count). The lowest BCUT2D eigenvalue weighted by Gasteiger charge is -2.26. The summed E-state index contributed by atoms with van der Waals surface area (Å²) >= 11 is 0. The van der Waals surface area contributed by atoms with Crippen LogP contribution >= 0.6 is 0 Å². The molecule has 2 fully saturated rings. The second kappa shape index (κ2) is 18.8. The van der Waals surface area contributed by atoms with E-state index in [9.17, 15) is 4.39 Å². The lowest BCUT2D eigenvalue weighted by Crippen LogP contribution is -2.41. The molecule has 6 N–H and O–H groups in total. The van der Waals surface area contributed by atoms with Crippen LogP contribution in [-0.4, -0.2) is 128 Å². The van der Waals surface area contributed by atoms with Crippen molar-refractivity contribution in [3.05, 3.63) is 29.3 Å². The van der Waals surface area contributed by atoms with E-state index in [4.69, 9.17) is 4.74 Å². The van der Waals surface area contributed by atoms with Crippen LogP contribution in [-0.2, 0) is 13.1 Å². The Kier molecular flexibility index (Phi) is 15.3. The third-order valence-corrected chi connectivity index (χ3v) is 6.52. The minimum atomic E-state index is -0.476. The number of benzene rings is 1. The SMILES string of the molecule is FCCOc1cc(CN2CCNCCNCCNCC2)cc(CN2CCNCCNCCNCC2)c1. The van der Waals surface area contributed by atoms with E-state index in [2.05, 4.69) is 59.9 Å². The number of alkyl halides is 1. The molecule has 2 heterocycles. The van der Waals surface area contributed by atoms with Gasteiger partial charge in [0.25, 0.3) is 0 Å². The quantitative estimate of drug-likeness (QED) is 0.284. The van der Waals surface area contributed by atoms with Gasteiger partial charge in [-0.15, -0.1) is 0 Å². The molecule has 0 atom stereocenters. The molecule has 0 radical (unpaired) electrons. The van der Waals surface area contributed by atoms with E-state index >= 15 is 0 Å². The Bertz CT molecular complexity index is 624. The second-order valence-corrected chi connectivity index (χ2v) is 9.57. The molecule has 1 aromatic rings. The summed E-state index contributed by atoms with van der Waals surface area (Å²) in [5.74, 6) is 0.772. The number of ether oxygens (including phenoxy) is 1. The van der Waals surface area contributed by atoms with Crippen LogP contribution < -0.4 is 36.6 Å². The molecule has 206 valence electrons. The van der Waals surface area contributed by atoms with Crippen molar-refractivity contribution in [2.45, 2.75) is 13.1 Å². The smallest absolute Gasteiger partial charge is 0.123 e. The van der Waals surface area contributed by atoms with E-state index in [-0.39, 0.29) is 6.61 Å². The molecule has 10 heteroatoms. The van der Waals surface area contributed by atoms with Crippen LogP contribution in [0.5, 0.6) is 5.75 Å². The molecule has 0 saturated carbocycles. The summed E-state index contributed by atoms with van der Waals surface area (Å²) in [6.45, 7) is 17.1. The molecule has 0 amide bonds. The standard InChI is InChI=1S/C26H49FN8O/c27-1-18-36-26-20-24(22-34-14-10-30-6-2-28-3-7-31-11-15-34)19-25(21-26)23-35-16-12-32-8-4-29-5-9-33-13-17-35/h19-21,28-33H,1-18,22-23H2. The van der Waals surface area contributed by atoms with Crippen molar-refractivity contribution in [1.29, 1.82) is 0 Å². The molecule has 0 aliphatic carbocycles. The van der Waals surface area contributed by atoms with Gasteiger partial charge in [0.15, 0.2) is 0 Å². The largest absolute Gasteiger partial charge is 0.491 e. The first-order valence-corrected chi connectivity index (χ1v) is 13.8. The van der Waals surface area contributed by atoms with E-state index in [1.807, 2.05) is 0 Å². The number of halogens is 1. The van der Waals surface area contributed by atoms with E-state index in [0.29, 0.717) is 0 Å². The van der Waals surface area contributed by atoms with Crippen LogP contribution in [0.2, 0.25) is 0 Å². The molecule has 0 spiro atoms. The van der Waals surface area contributed by atoms with Crippen LogP contribution in [0.15, 0.2) is 18.2 Å². The number of hydrogen-bond donors (Lipinski definition) is 6. The molecule has 2 aliphatic heterocycles. The fourth-order valence-corrected chi connectivity index (χ4v) is 4.61. The van der Waals surface area contributed by atoms with Crippen LogP contribution in [0.25, 0.3) is 0 Å². The van der Waals surface area contributed by atoms with Crippen molar-refractivity contribution in [2.24, 2.45) is 0 Å². The Morgan fingerprint density at radius 3 is 1.28 bits per heavy atom. The van der Waals surface area contributed by atoms with Gasteiger partial charge in [-0.1, -0.05) is 6.07 Å². The van der Waals surface area contributed by atoms with E-state index in [1.54, 1.807) is 0 Å². The van der Waals surface area contributed by atoms with Crippen LogP contribution in [0.3, 0.4) is 0 Å². The zero-order valence-corrected chi connectivity index (χ0v) is 22.1. The number of nitrogens with zero attached hydrogens (tertiary/aromatic N) is 2. The Balaban J connectivity index is 1.65. The summed E-state index contributed by atoms with van der Waals surface area (Å²) in [5.41, 5.74) is 2.46. The molecule has 9 nitrogen and oxygen atoms in total. The topological polar surface area (TPSA) is 87.9 Å². The van der Waals surface area contributed by atoms with E-state index in [1.165, 1.54) is 11.1 Å². The van der Waals surface area contributed by atoms with Crippen molar-refractivity contribution in [1.82, 2.24) is 41.7 Å². The molecule has 2 saturated heterocycles. The van der Waals surface area contributed by atoms with E-state index < -0.39 is 6.67 Å². The van der Waals surface area contributed by atoms with Gasteiger partial charge in [0.2, 0.25) is 0 Å². The molecular weight excluding hydrogens is 459 g/mol. The Morgan fingerprint density at radius 1 is 0.556 bits per heavy atom. The van der Waals surface area contributed by atoms with Gasteiger partial charge in [0.05, 0.1) is 0 Å². The van der Waals surface area contributed by atoms with Crippen molar-refractivity contribution >= 4 is 0 Å². The van der Waals surface area contributed by atoms with Crippen LogP contribution in [0.1, 0.15) is 11.1 Å². The molecule has 0 bridgehead atoms. The Morgan fingerprint density at radius 2 is 0.917 bits per heavy atom. The lowest BCUT2D eigenvalue weighted by atomic mass is 10.1. The average Bonchev–Trinajstić information content (AvgIpc) is 2.86. The fourth-order valence-electron chi connectivity index (χ4n) is 4.61. The van der Waals surface area contributed by atoms with Gasteiger partial charge in [0, 0.05) is 118 Å². The third-order valence-electron chi connectivity index (χ3n) is 6.52. The predicted octanol–water partition coefficient (Wildman–Crippen LogP) is -0.796. The Labute approximate surface area is 217 Å². The molecule has 1 aromatic carbocycles. The average molecular weight is 509 g/mol. The van der Waals surface area contributed by atoms with E-state index in [0.717, 1.165) is 124 Å². The first-order valence-electron chi connectivity index (χ1n) is 13.8. The minimum Gasteiger partial charge on any atom is -0.491 e. The summed E-state index contributed by atoms with van der Waals surface area (Å²) in [7, 11) is 0.